The van der Waals surface area contributed by atoms with Gasteiger partial charge < -0.3 is 9.64 Å². The van der Waals surface area contributed by atoms with Gasteiger partial charge in [0.2, 0.25) is 0 Å². The van der Waals surface area contributed by atoms with Gasteiger partial charge in [-0.25, -0.2) is 4.98 Å². The molecule has 0 bridgehead atoms. The van der Waals surface area contributed by atoms with E-state index < -0.39 is 0 Å². The van der Waals surface area contributed by atoms with E-state index in [-0.39, 0.29) is 0 Å². The van der Waals surface area contributed by atoms with E-state index in [0.717, 1.165) is 36.8 Å². The average molecular weight is 279 g/mol. The molecule has 3 rings (SSSR count). The van der Waals surface area contributed by atoms with Crippen molar-refractivity contribution in [3.63, 3.8) is 0 Å². The summed E-state index contributed by atoms with van der Waals surface area (Å²) in [6, 6.07) is 12.1. The zero-order valence-corrected chi connectivity index (χ0v) is 12.3. The maximum atomic E-state index is 9.28. The van der Waals surface area contributed by atoms with Gasteiger partial charge in [-0.2, -0.15) is 5.26 Å². The van der Waals surface area contributed by atoms with Gasteiger partial charge in [-0.05, 0) is 37.1 Å². The molecule has 0 atom stereocenters. The van der Waals surface area contributed by atoms with Crippen LogP contribution < -0.4 is 9.64 Å². The monoisotopic (exact) mass is 279 g/mol. The van der Waals surface area contributed by atoms with Gasteiger partial charge in [-0.3, -0.25) is 0 Å². The number of aryl methyl sites for hydroxylation is 1. The van der Waals surface area contributed by atoms with Crippen molar-refractivity contribution in [3.05, 3.63) is 52.7 Å². The number of ether oxygens (including phenoxy) is 1. The first-order valence-electron chi connectivity index (χ1n) is 7.00. The third kappa shape index (κ3) is 2.43. The predicted octanol–water partition coefficient (Wildman–Crippen LogP) is 2.83. The summed E-state index contributed by atoms with van der Waals surface area (Å²) < 4.78 is 5.43. The van der Waals surface area contributed by atoms with Gasteiger partial charge in [0.25, 0.3) is 0 Å². The molecule has 21 heavy (non-hydrogen) atoms. The molecule has 0 radical (unpaired) electrons. The minimum Gasteiger partial charge on any atom is -0.496 e. The fourth-order valence-corrected chi connectivity index (χ4v) is 2.82. The van der Waals surface area contributed by atoms with Crippen LogP contribution in [0.15, 0.2) is 30.3 Å². The quantitative estimate of drug-likeness (QED) is 0.848. The minimum atomic E-state index is 0.631. The predicted molar refractivity (Wildman–Crippen MR) is 81.4 cm³/mol. The zero-order valence-electron chi connectivity index (χ0n) is 12.3. The molecule has 2 heterocycles. The Hall–Kier alpha value is -2.54. The number of anilines is 1. The normalized spacial score (nSPS) is 13.5. The number of hydrogen-bond acceptors (Lipinski definition) is 4. The van der Waals surface area contributed by atoms with Crippen LogP contribution in [0.5, 0.6) is 5.75 Å². The number of aromatic nitrogens is 1. The topological polar surface area (TPSA) is 49.1 Å². The van der Waals surface area contributed by atoms with E-state index >= 15 is 0 Å². The van der Waals surface area contributed by atoms with E-state index in [9.17, 15) is 5.26 Å². The Morgan fingerprint density at radius 3 is 2.90 bits per heavy atom. The summed E-state index contributed by atoms with van der Waals surface area (Å²) in [5, 5.41) is 9.28. The first-order chi connectivity index (χ1) is 10.2. The van der Waals surface area contributed by atoms with Gasteiger partial charge in [0.05, 0.1) is 12.7 Å². The molecule has 0 saturated carbocycles. The van der Waals surface area contributed by atoms with Gasteiger partial charge in [-0.15, -0.1) is 0 Å². The first kappa shape index (κ1) is 13.4. The Bertz CT molecular complexity index is 718. The molecule has 1 aromatic carbocycles. The molecule has 106 valence electrons. The molecule has 0 amide bonds. The van der Waals surface area contributed by atoms with Crippen molar-refractivity contribution in [2.45, 2.75) is 19.9 Å². The van der Waals surface area contributed by atoms with Crippen molar-refractivity contribution in [1.29, 1.82) is 5.26 Å². The molecular formula is C17H17N3O. The van der Waals surface area contributed by atoms with Crippen molar-refractivity contribution < 1.29 is 4.74 Å². The van der Waals surface area contributed by atoms with E-state index in [1.54, 1.807) is 7.11 Å². The van der Waals surface area contributed by atoms with Gasteiger partial charge in [0.15, 0.2) is 0 Å². The Labute approximate surface area is 124 Å². The van der Waals surface area contributed by atoms with E-state index in [4.69, 9.17) is 4.74 Å². The lowest BCUT2D eigenvalue weighted by molar-refractivity contribution is 0.407. The van der Waals surface area contributed by atoms with Crippen LogP contribution >= 0.6 is 0 Å². The number of benzene rings is 1. The van der Waals surface area contributed by atoms with Crippen LogP contribution in [0.4, 0.5) is 5.82 Å². The molecule has 2 aromatic rings. The molecule has 4 heteroatoms. The minimum absolute atomic E-state index is 0.631. The van der Waals surface area contributed by atoms with Crippen molar-refractivity contribution in [2.24, 2.45) is 0 Å². The van der Waals surface area contributed by atoms with Gasteiger partial charge >= 0.3 is 0 Å². The molecule has 4 nitrogen and oxygen atoms in total. The highest BCUT2D eigenvalue weighted by molar-refractivity contribution is 5.57. The smallest absolute Gasteiger partial charge is 0.147 e. The summed E-state index contributed by atoms with van der Waals surface area (Å²) in [6.45, 7) is 3.56. The highest BCUT2D eigenvalue weighted by Crippen LogP contribution is 2.30. The third-order valence-corrected chi connectivity index (χ3v) is 3.88. The molecular weight excluding hydrogens is 262 g/mol. The molecule has 0 fully saturated rings. The summed E-state index contributed by atoms with van der Waals surface area (Å²) in [5.74, 6) is 1.73. The standard InChI is InChI=1S/C17H17N3O/c1-12-6-7-13(10-18)17(19-12)20-9-8-15-14(11-20)4-3-5-16(15)21-2/h3-7H,8-9,11H2,1-2H3. The number of nitriles is 1. The number of pyridine rings is 1. The summed E-state index contributed by atoms with van der Waals surface area (Å²) in [6.07, 6.45) is 0.903. The number of methoxy groups -OCH3 is 1. The van der Waals surface area contributed by atoms with Gasteiger partial charge in [-0.1, -0.05) is 12.1 Å². The number of rotatable bonds is 2. The van der Waals surface area contributed by atoms with E-state index in [2.05, 4.69) is 22.0 Å². The van der Waals surface area contributed by atoms with Crippen molar-refractivity contribution in [3.8, 4) is 11.8 Å². The van der Waals surface area contributed by atoms with E-state index in [1.165, 1.54) is 11.1 Å². The Morgan fingerprint density at radius 1 is 1.29 bits per heavy atom. The van der Waals surface area contributed by atoms with Crippen molar-refractivity contribution >= 4 is 5.82 Å². The van der Waals surface area contributed by atoms with Crippen LogP contribution in [-0.2, 0) is 13.0 Å². The number of nitrogens with zero attached hydrogens (tertiary/aromatic N) is 3. The molecule has 0 aliphatic carbocycles. The van der Waals surface area contributed by atoms with Crippen LogP contribution in [-0.4, -0.2) is 18.6 Å². The van der Waals surface area contributed by atoms with Crippen LogP contribution in [0.3, 0.4) is 0 Å². The summed E-state index contributed by atoms with van der Waals surface area (Å²) in [7, 11) is 1.71. The molecule has 0 N–H and O–H groups in total. The summed E-state index contributed by atoms with van der Waals surface area (Å²) >= 11 is 0. The largest absolute Gasteiger partial charge is 0.496 e. The lowest BCUT2D eigenvalue weighted by atomic mass is 9.98. The number of fused-ring (bicyclic) bond motifs is 1. The van der Waals surface area contributed by atoms with Gasteiger partial charge in [0, 0.05) is 24.3 Å². The zero-order chi connectivity index (χ0) is 14.8. The second kappa shape index (κ2) is 5.45. The molecule has 0 unspecified atom stereocenters. The van der Waals surface area contributed by atoms with Crippen LogP contribution in [0, 0.1) is 18.3 Å². The lowest BCUT2D eigenvalue weighted by Crippen LogP contribution is -2.32. The van der Waals surface area contributed by atoms with Crippen molar-refractivity contribution in [2.75, 3.05) is 18.6 Å². The Morgan fingerprint density at radius 2 is 2.14 bits per heavy atom. The van der Waals surface area contributed by atoms with Crippen LogP contribution in [0.1, 0.15) is 22.4 Å². The maximum absolute atomic E-state index is 9.28. The SMILES string of the molecule is COc1cccc2c1CCN(c1nc(C)ccc1C#N)C2. The van der Waals surface area contributed by atoms with E-state index in [0.29, 0.717) is 5.56 Å². The Kier molecular flexibility index (Phi) is 3.49. The lowest BCUT2D eigenvalue weighted by Gasteiger charge is -2.31. The first-order valence-corrected chi connectivity index (χ1v) is 7.00. The van der Waals surface area contributed by atoms with E-state index in [1.807, 2.05) is 31.2 Å². The van der Waals surface area contributed by atoms with Crippen LogP contribution in [0.25, 0.3) is 0 Å². The molecule has 1 aliphatic rings. The molecule has 0 spiro atoms. The van der Waals surface area contributed by atoms with Gasteiger partial charge in [0.1, 0.15) is 17.6 Å². The van der Waals surface area contributed by atoms with Crippen LogP contribution in [0.2, 0.25) is 0 Å². The summed E-state index contributed by atoms with van der Waals surface area (Å²) in [5.41, 5.74) is 4.07. The molecule has 1 aromatic heterocycles. The highest BCUT2D eigenvalue weighted by atomic mass is 16.5. The molecule has 1 aliphatic heterocycles. The second-order valence-electron chi connectivity index (χ2n) is 5.21. The second-order valence-corrected chi connectivity index (χ2v) is 5.21. The average Bonchev–Trinajstić information content (AvgIpc) is 2.53. The Balaban J connectivity index is 1.97. The number of hydrogen-bond donors (Lipinski definition) is 0. The maximum Gasteiger partial charge on any atom is 0.147 e. The summed E-state index contributed by atoms with van der Waals surface area (Å²) in [4.78, 5) is 6.73. The highest BCUT2D eigenvalue weighted by Gasteiger charge is 2.22. The fourth-order valence-electron chi connectivity index (χ4n) is 2.82. The van der Waals surface area contributed by atoms with Crippen molar-refractivity contribution in [1.82, 2.24) is 4.98 Å². The third-order valence-electron chi connectivity index (χ3n) is 3.88. The molecule has 0 saturated heterocycles. The fraction of sp³-hybridized carbons (Fsp3) is 0.294.